The zero-order valence-electron chi connectivity index (χ0n) is 10.6. The van der Waals surface area contributed by atoms with E-state index >= 15 is 0 Å². The fourth-order valence-electron chi connectivity index (χ4n) is 2.43. The van der Waals surface area contributed by atoms with Gasteiger partial charge in [-0.05, 0) is 12.3 Å². The predicted molar refractivity (Wildman–Crippen MR) is 66.1 cm³/mol. The highest BCUT2D eigenvalue weighted by Crippen LogP contribution is 2.26. The van der Waals surface area contributed by atoms with Crippen molar-refractivity contribution in [3.63, 3.8) is 0 Å². The molecule has 1 rings (SSSR count). The molecular weight excluding hydrogens is 234 g/mol. The van der Waals surface area contributed by atoms with Crippen LogP contribution >= 0.6 is 0 Å². The lowest BCUT2D eigenvalue weighted by molar-refractivity contribution is -0.139. The largest absolute Gasteiger partial charge is 0.481 e. The van der Waals surface area contributed by atoms with E-state index in [-0.39, 0.29) is 18.7 Å². The van der Waals surface area contributed by atoms with Gasteiger partial charge in [0.15, 0.2) is 0 Å². The molecule has 5 nitrogen and oxygen atoms in total. The summed E-state index contributed by atoms with van der Waals surface area (Å²) in [5.41, 5.74) is 0. The third-order valence-corrected chi connectivity index (χ3v) is 3.39. The van der Waals surface area contributed by atoms with E-state index in [9.17, 15) is 14.4 Å². The topological polar surface area (TPSA) is 83.5 Å². The number of nitrogens with one attached hydrogen (secondary N) is 1. The van der Waals surface area contributed by atoms with Gasteiger partial charge in [0.25, 0.3) is 0 Å². The van der Waals surface area contributed by atoms with Gasteiger partial charge in [0, 0.05) is 6.42 Å². The smallest absolute Gasteiger partial charge is 0.303 e. The van der Waals surface area contributed by atoms with Gasteiger partial charge in [-0.3, -0.25) is 9.59 Å². The molecule has 1 aliphatic rings. The maximum absolute atomic E-state index is 11.4. The van der Waals surface area contributed by atoms with Crippen molar-refractivity contribution in [1.82, 2.24) is 5.32 Å². The number of hydrogen-bond acceptors (Lipinski definition) is 3. The number of carbonyl (C=O) groups is 3. The van der Waals surface area contributed by atoms with Crippen molar-refractivity contribution in [2.24, 2.45) is 5.92 Å². The van der Waals surface area contributed by atoms with Gasteiger partial charge in [0.05, 0.1) is 12.5 Å². The number of carboxylic acid groups (broad SMARTS) is 1. The Morgan fingerprint density at radius 3 is 2.44 bits per heavy atom. The Kier molecular flexibility index (Phi) is 6.39. The maximum Gasteiger partial charge on any atom is 0.303 e. The predicted octanol–water partition coefficient (Wildman–Crippen LogP) is 1.51. The minimum atomic E-state index is -1.000. The molecule has 1 amide bonds. The Labute approximate surface area is 107 Å². The Bertz CT molecular complexity index is 297. The summed E-state index contributed by atoms with van der Waals surface area (Å²) in [4.78, 5) is 32.7. The van der Waals surface area contributed by atoms with Crippen LogP contribution in [-0.2, 0) is 14.4 Å². The molecule has 0 aromatic carbocycles. The third-order valence-electron chi connectivity index (χ3n) is 3.39. The molecule has 0 saturated heterocycles. The van der Waals surface area contributed by atoms with Gasteiger partial charge in [-0.1, -0.05) is 32.1 Å². The van der Waals surface area contributed by atoms with Crippen molar-refractivity contribution in [2.75, 3.05) is 0 Å². The monoisotopic (exact) mass is 255 g/mol. The number of hydrogen-bond donors (Lipinski definition) is 2. The van der Waals surface area contributed by atoms with Crippen LogP contribution in [0.5, 0.6) is 0 Å². The molecular formula is C13H21NO4. The number of amides is 1. The van der Waals surface area contributed by atoms with Gasteiger partial charge < -0.3 is 15.2 Å². The highest BCUT2D eigenvalue weighted by atomic mass is 16.4. The molecule has 0 heterocycles. The van der Waals surface area contributed by atoms with Gasteiger partial charge in [0.1, 0.15) is 6.29 Å². The standard InChI is InChI=1S/C13H21NO4/c15-9-11(8-10-4-2-1-3-5-10)14-12(16)6-7-13(17)18/h9-11H,1-8H2,(H,14,16)(H,17,18)/t11-/m0/s1. The molecule has 0 radical (unpaired) electrons. The molecule has 1 aliphatic carbocycles. The number of aldehydes is 1. The van der Waals surface area contributed by atoms with Gasteiger partial charge >= 0.3 is 5.97 Å². The van der Waals surface area contributed by atoms with Crippen LogP contribution in [0.4, 0.5) is 0 Å². The number of rotatable bonds is 7. The zero-order valence-corrected chi connectivity index (χ0v) is 10.6. The minimum Gasteiger partial charge on any atom is -0.481 e. The second-order valence-corrected chi connectivity index (χ2v) is 4.94. The van der Waals surface area contributed by atoms with Gasteiger partial charge in [-0.25, -0.2) is 0 Å². The van der Waals surface area contributed by atoms with E-state index in [4.69, 9.17) is 5.11 Å². The molecule has 0 aromatic heterocycles. The van der Waals surface area contributed by atoms with E-state index in [1.165, 1.54) is 19.3 Å². The molecule has 1 atom stereocenters. The second-order valence-electron chi connectivity index (χ2n) is 4.94. The summed E-state index contributed by atoms with van der Waals surface area (Å²) in [7, 11) is 0. The normalized spacial score (nSPS) is 18.0. The van der Waals surface area contributed by atoms with Crippen LogP contribution < -0.4 is 5.32 Å². The highest BCUT2D eigenvalue weighted by molar-refractivity contribution is 5.82. The van der Waals surface area contributed by atoms with Gasteiger partial charge in [0.2, 0.25) is 5.91 Å². The summed E-state index contributed by atoms with van der Waals surface area (Å²) in [6, 6.07) is -0.464. The second kappa shape index (κ2) is 7.84. The summed E-state index contributed by atoms with van der Waals surface area (Å²) < 4.78 is 0. The zero-order chi connectivity index (χ0) is 13.4. The Hall–Kier alpha value is -1.39. The van der Waals surface area contributed by atoms with E-state index in [2.05, 4.69) is 5.32 Å². The first kappa shape index (κ1) is 14.7. The van der Waals surface area contributed by atoms with Crippen molar-refractivity contribution in [3.8, 4) is 0 Å². The molecule has 0 spiro atoms. The molecule has 18 heavy (non-hydrogen) atoms. The van der Waals surface area contributed by atoms with Crippen molar-refractivity contribution >= 4 is 18.2 Å². The average Bonchev–Trinajstić information content (AvgIpc) is 2.37. The lowest BCUT2D eigenvalue weighted by atomic mass is 9.85. The van der Waals surface area contributed by atoms with Crippen LogP contribution in [0.1, 0.15) is 51.4 Å². The maximum atomic E-state index is 11.4. The first-order chi connectivity index (χ1) is 8.61. The van der Waals surface area contributed by atoms with Crippen LogP contribution in [0.15, 0.2) is 0 Å². The van der Waals surface area contributed by atoms with Gasteiger partial charge in [-0.2, -0.15) is 0 Å². The number of carboxylic acids is 1. The molecule has 0 bridgehead atoms. The number of carbonyl (C=O) groups excluding carboxylic acids is 2. The molecule has 0 unspecified atom stereocenters. The molecule has 102 valence electrons. The van der Waals surface area contributed by atoms with E-state index in [0.717, 1.165) is 19.1 Å². The fourth-order valence-corrected chi connectivity index (χ4v) is 2.43. The summed E-state index contributed by atoms with van der Waals surface area (Å²) in [5.74, 6) is -0.848. The number of aliphatic carboxylic acids is 1. The van der Waals surface area contributed by atoms with Crippen molar-refractivity contribution in [2.45, 2.75) is 57.4 Å². The van der Waals surface area contributed by atoms with Crippen LogP contribution in [0, 0.1) is 5.92 Å². The van der Waals surface area contributed by atoms with Crippen LogP contribution in [-0.4, -0.2) is 29.3 Å². The van der Waals surface area contributed by atoms with E-state index in [1.807, 2.05) is 0 Å². The molecule has 2 N–H and O–H groups in total. The molecule has 1 saturated carbocycles. The van der Waals surface area contributed by atoms with Crippen molar-refractivity contribution in [3.05, 3.63) is 0 Å². The summed E-state index contributed by atoms with van der Waals surface area (Å²) in [6.07, 6.45) is 7.07. The Morgan fingerprint density at radius 1 is 1.22 bits per heavy atom. The quantitative estimate of drug-likeness (QED) is 0.675. The molecule has 0 aliphatic heterocycles. The SMILES string of the molecule is O=C[C@H](CC1CCCCC1)NC(=O)CCC(=O)O. The Balaban J connectivity index is 2.29. The van der Waals surface area contributed by atoms with E-state index in [0.29, 0.717) is 12.3 Å². The van der Waals surface area contributed by atoms with E-state index in [1.54, 1.807) is 0 Å². The van der Waals surface area contributed by atoms with Crippen molar-refractivity contribution in [1.29, 1.82) is 0 Å². The van der Waals surface area contributed by atoms with Crippen LogP contribution in [0.25, 0.3) is 0 Å². The lowest BCUT2D eigenvalue weighted by Gasteiger charge is -2.24. The van der Waals surface area contributed by atoms with Crippen LogP contribution in [0.2, 0.25) is 0 Å². The van der Waals surface area contributed by atoms with E-state index < -0.39 is 12.0 Å². The van der Waals surface area contributed by atoms with Crippen molar-refractivity contribution < 1.29 is 19.5 Å². The highest BCUT2D eigenvalue weighted by Gasteiger charge is 2.20. The third kappa shape index (κ3) is 5.80. The van der Waals surface area contributed by atoms with Gasteiger partial charge in [-0.15, -0.1) is 0 Å². The molecule has 0 aromatic rings. The first-order valence-electron chi connectivity index (χ1n) is 6.58. The Morgan fingerprint density at radius 2 is 1.89 bits per heavy atom. The molecule has 1 fully saturated rings. The minimum absolute atomic E-state index is 0.0651. The molecule has 5 heteroatoms. The first-order valence-corrected chi connectivity index (χ1v) is 6.58. The fraction of sp³-hybridized carbons (Fsp3) is 0.769. The summed E-state index contributed by atoms with van der Waals surface area (Å²) >= 11 is 0. The average molecular weight is 255 g/mol. The lowest BCUT2D eigenvalue weighted by Crippen LogP contribution is -2.37. The summed E-state index contributed by atoms with van der Waals surface area (Å²) in [6.45, 7) is 0. The summed E-state index contributed by atoms with van der Waals surface area (Å²) in [5, 5.41) is 11.1. The van der Waals surface area contributed by atoms with Crippen LogP contribution in [0.3, 0.4) is 0 Å².